The van der Waals surface area contributed by atoms with Crippen LogP contribution in [0.4, 0.5) is 5.69 Å². The van der Waals surface area contributed by atoms with Gasteiger partial charge in [0.25, 0.3) is 5.91 Å². The van der Waals surface area contributed by atoms with Crippen LogP contribution < -0.4 is 16.4 Å². The van der Waals surface area contributed by atoms with Crippen LogP contribution in [0.3, 0.4) is 0 Å². The van der Waals surface area contributed by atoms with Gasteiger partial charge in [-0.3, -0.25) is 4.79 Å². The zero-order chi connectivity index (χ0) is 14.8. The highest BCUT2D eigenvalue weighted by atomic mass is 35.5. The molecule has 1 aromatic heterocycles. The number of nitrogens with one attached hydrogen (secondary N) is 2. The molecule has 112 valence electrons. The van der Waals surface area contributed by atoms with Crippen LogP contribution in [-0.2, 0) is 0 Å². The van der Waals surface area contributed by atoms with Gasteiger partial charge in [-0.2, -0.15) is 0 Å². The summed E-state index contributed by atoms with van der Waals surface area (Å²) >= 11 is 7.54. The molecule has 2 aromatic rings. The van der Waals surface area contributed by atoms with E-state index in [2.05, 4.69) is 10.6 Å². The summed E-state index contributed by atoms with van der Waals surface area (Å²) in [6.07, 6.45) is 3.49. The number of thiophene rings is 1. The van der Waals surface area contributed by atoms with Gasteiger partial charge < -0.3 is 16.4 Å². The van der Waals surface area contributed by atoms with Gasteiger partial charge in [0.2, 0.25) is 0 Å². The second-order valence-electron chi connectivity index (χ2n) is 5.30. The molecule has 1 saturated carbocycles. The Morgan fingerprint density at radius 2 is 2.19 bits per heavy atom. The Labute approximate surface area is 132 Å². The van der Waals surface area contributed by atoms with Crippen LogP contribution >= 0.6 is 22.9 Å². The molecule has 0 unspecified atom stereocenters. The summed E-state index contributed by atoms with van der Waals surface area (Å²) in [5.74, 6) is -0.115. The van der Waals surface area contributed by atoms with E-state index in [4.69, 9.17) is 17.3 Å². The molecule has 1 aliphatic carbocycles. The predicted octanol–water partition coefficient (Wildman–Crippen LogP) is 3.01. The number of anilines is 1. The number of rotatable bonds is 6. The van der Waals surface area contributed by atoms with Crippen molar-refractivity contribution in [3.8, 4) is 0 Å². The molecule has 0 aliphatic heterocycles. The number of amides is 1. The summed E-state index contributed by atoms with van der Waals surface area (Å²) in [6, 6.07) is 6.30. The van der Waals surface area contributed by atoms with Crippen LogP contribution in [0, 0.1) is 0 Å². The number of carbonyl (C=O) groups excluding carboxylic acids is 1. The highest BCUT2D eigenvalue weighted by Crippen LogP contribution is 2.37. The number of hydrogen-bond acceptors (Lipinski definition) is 4. The Bertz CT molecular complexity index is 666. The number of halogens is 1. The molecule has 4 nitrogen and oxygen atoms in total. The molecule has 3 rings (SSSR count). The van der Waals surface area contributed by atoms with Crippen LogP contribution in [-0.4, -0.2) is 25.0 Å². The van der Waals surface area contributed by atoms with Crippen LogP contribution in [0.1, 0.15) is 28.9 Å². The maximum Gasteiger partial charge on any atom is 0.263 e. The molecule has 1 aromatic carbocycles. The van der Waals surface area contributed by atoms with Crippen LogP contribution in [0.15, 0.2) is 18.2 Å². The molecule has 6 heteroatoms. The molecule has 4 N–H and O–H groups in total. The number of fused-ring (bicyclic) bond motifs is 1. The third-order valence-electron chi connectivity index (χ3n) is 3.56. The van der Waals surface area contributed by atoms with Gasteiger partial charge >= 0.3 is 0 Å². The summed E-state index contributed by atoms with van der Waals surface area (Å²) in [7, 11) is 0. The van der Waals surface area contributed by atoms with E-state index >= 15 is 0 Å². The van der Waals surface area contributed by atoms with Gasteiger partial charge in [-0.15, -0.1) is 11.3 Å². The number of nitrogens with two attached hydrogens (primary N) is 1. The first-order valence-electron chi connectivity index (χ1n) is 7.15. The minimum Gasteiger partial charge on any atom is -0.397 e. The first kappa shape index (κ1) is 14.6. The lowest BCUT2D eigenvalue weighted by molar-refractivity contribution is 0.0958. The summed E-state index contributed by atoms with van der Waals surface area (Å²) in [4.78, 5) is 12.8. The average molecular weight is 324 g/mol. The lowest BCUT2D eigenvalue weighted by Gasteiger charge is -2.05. The average Bonchev–Trinajstić information content (AvgIpc) is 3.22. The van der Waals surface area contributed by atoms with Crippen molar-refractivity contribution in [3.05, 3.63) is 28.1 Å². The minimum atomic E-state index is -0.115. The van der Waals surface area contributed by atoms with E-state index in [1.54, 1.807) is 6.07 Å². The molecule has 1 fully saturated rings. The van der Waals surface area contributed by atoms with Gasteiger partial charge in [-0.1, -0.05) is 17.7 Å². The number of nitrogen functional groups attached to an aromatic ring is 1. The number of benzene rings is 1. The second kappa shape index (κ2) is 6.22. The predicted molar refractivity (Wildman–Crippen MR) is 89.2 cm³/mol. The number of hydrogen-bond donors (Lipinski definition) is 3. The fraction of sp³-hybridized carbons (Fsp3) is 0.400. The fourth-order valence-electron chi connectivity index (χ4n) is 2.26. The molecule has 1 amide bonds. The van der Waals surface area contributed by atoms with Crippen molar-refractivity contribution in [1.82, 2.24) is 10.6 Å². The van der Waals surface area contributed by atoms with Crippen molar-refractivity contribution >= 4 is 44.6 Å². The van der Waals surface area contributed by atoms with Gasteiger partial charge in [0.15, 0.2) is 0 Å². The van der Waals surface area contributed by atoms with Crippen LogP contribution in [0.25, 0.3) is 10.1 Å². The lowest BCUT2D eigenvalue weighted by atomic mass is 10.2. The van der Waals surface area contributed by atoms with E-state index in [9.17, 15) is 4.79 Å². The van der Waals surface area contributed by atoms with Crippen LogP contribution in [0.2, 0.25) is 5.02 Å². The topological polar surface area (TPSA) is 67.2 Å². The summed E-state index contributed by atoms with van der Waals surface area (Å²) in [5, 5.41) is 7.72. The summed E-state index contributed by atoms with van der Waals surface area (Å²) < 4.78 is 0.945. The second-order valence-corrected chi connectivity index (χ2v) is 6.76. The zero-order valence-corrected chi connectivity index (χ0v) is 13.2. The molecule has 0 bridgehead atoms. The largest absolute Gasteiger partial charge is 0.397 e. The molecule has 0 saturated heterocycles. The van der Waals surface area contributed by atoms with Gasteiger partial charge in [-0.25, -0.2) is 0 Å². The van der Waals surface area contributed by atoms with Gasteiger partial charge in [-0.05, 0) is 37.9 Å². The maximum atomic E-state index is 12.2. The highest BCUT2D eigenvalue weighted by molar-refractivity contribution is 7.21. The smallest absolute Gasteiger partial charge is 0.263 e. The van der Waals surface area contributed by atoms with Gasteiger partial charge in [0.05, 0.1) is 10.7 Å². The van der Waals surface area contributed by atoms with Crippen molar-refractivity contribution in [2.75, 3.05) is 18.8 Å². The Morgan fingerprint density at radius 3 is 2.90 bits per heavy atom. The fourth-order valence-corrected chi connectivity index (χ4v) is 3.66. The number of carbonyl (C=O) groups is 1. The van der Waals surface area contributed by atoms with E-state index in [0.29, 0.717) is 28.2 Å². The molecule has 21 heavy (non-hydrogen) atoms. The van der Waals surface area contributed by atoms with Crippen molar-refractivity contribution < 1.29 is 4.79 Å². The first-order valence-corrected chi connectivity index (χ1v) is 8.34. The van der Waals surface area contributed by atoms with Gasteiger partial charge in [0, 0.05) is 22.7 Å². The van der Waals surface area contributed by atoms with Crippen molar-refractivity contribution in [2.45, 2.75) is 25.3 Å². The molecular formula is C15H18ClN3OS. The molecule has 1 aliphatic rings. The lowest BCUT2D eigenvalue weighted by Crippen LogP contribution is -2.27. The quantitative estimate of drug-likeness (QED) is 0.716. The van der Waals surface area contributed by atoms with Gasteiger partial charge in [0.1, 0.15) is 4.88 Å². The normalized spacial score (nSPS) is 14.5. The summed E-state index contributed by atoms with van der Waals surface area (Å²) in [6.45, 7) is 1.60. The van der Waals surface area contributed by atoms with E-state index in [1.807, 2.05) is 12.1 Å². The van der Waals surface area contributed by atoms with E-state index in [0.717, 1.165) is 23.1 Å². The monoisotopic (exact) mass is 323 g/mol. The first-order chi connectivity index (χ1) is 10.2. The van der Waals surface area contributed by atoms with Crippen molar-refractivity contribution in [1.29, 1.82) is 0 Å². The van der Waals surface area contributed by atoms with E-state index in [1.165, 1.54) is 24.2 Å². The van der Waals surface area contributed by atoms with Crippen molar-refractivity contribution in [2.24, 2.45) is 0 Å². The highest BCUT2D eigenvalue weighted by Gasteiger charge is 2.20. The van der Waals surface area contributed by atoms with E-state index in [-0.39, 0.29) is 5.91 Å². The Hall–Kier alpha value is -1.30. The maximum absolute atomic E-state index is 12.2. The third kappa shape index (κ3) is 3.31. The third-order valence-corrected chi connectivity index (χ3v) is 5.04. The Balaban J connectivity index is 1.61. The Morgan fingerprint density at radius 1 is 1.38 bits per heavy atom. The zero-order valence-electron chi connectivity index (χ0n) is 11.6. The molecular weight excluding hydrogens is 306 g/mol. The minimum absolute atomic E-state index is 0.115. The molecule has 1 heterocycles. The standard InChI is InChI=1S/C15H18ClN3OS/c16-10-3-1-4-11-12(10)13(17)14(21-11)15(20)19-8-2-7-18-9-5-6-9/h1,3-4,9,18H,2,5-8,17H2,(H,19,20). The molecule has 0 radical (unpaired) electrons. The molecule has 0 spiro atoms. The van der Waals surface area contributed by atoms with Crippen LogP contribution in [0.5, 0.6) is 0 Å². The summed E-state index contributed by atoms with van der Waals surface area (Å²) in [5.41, 5.74) is 6.55. The van der Waals surface area contributed by atoms with Crippen molar-refractivity contribution in [3.63, 3.8) is 0 Å². The SMILES string of the molecule is Nc1c(C(=O)NCCCNC2CC2)sc2cccc(Cl)c12. The Kier molecular flexibility index (Phi) is 4.33. The van der Waals surface area contributed by atoms with E-state index < -0.39 is 0 Å². The molecule has 0 atom stereocenters.